The fourth-order valence-corrected chi connectivity index (χ4v) is 1.59. The molecule has 0 aliphatic heterocycles. The van der Waals surface area contributed by atoms with Gasteiger partial charge >= 0.3 is 12.1 Å². The Labute approximate surface area is 112 Å². The van der Waals surface area contributed by atoms with E-state index in [4.69, 9.17) is 10.5 Å². The number of carbonyl (C=O) groups excluding carboxylic acids is 1. The van der Waals surface area contributed by atoms with Gasteiger partial charge in [-0.2, -0.15) is 13.2 Å². The van der Waals surface area contributed by atoms with Crippen molar-refractivity contribution in [2.75, 3.05) is 0 Å². The molecule has 0 amide bonds. The van der Waals surface area contributed by atoms with Gasteiger partial charge in [0.05, 0.1) is 12.0 Å². The molecule has 0 aromatic heterocycles. The summed E-state index contributed by atoms with van der Waals surface area (Å²) in [4.78, 5) is 11.8. The van der Waals surface area contributed by atoms with Gasteiger partial charge < -0.3 is 10.5 Å². The first-order chi connectivity index (χ1) is 8.63. The summed E-state index contributed by atoms with van der Waals surface area (Å²) in [5.41, 5.74) is 5.19. The fourth-order valence-electron chi connectivity index (χ4n) is 1.59. The second-order valence-electron chi connectivity index (χ2n) is 5.08. The summed E-state index contributed by atoms with van der Waals surface area (Å²) in [7, 11) is 0. The summed E-state index contributed by atoms with van der Waals surface area (Å²) in [6.45, 7) is 7.11. The summed E-state index contributed by atoms with van der Waals surface area (Å²) in [5.74, 6) is -2.19. The molecule has 0 saturated carbocycles. The Morgan fingerprint density at radius 2 is 1.74 bits per heavy atom. The Morgan fingerprint density at radius 1 is 1.21 bits per heavy atom. The molecule has 114 valence electrons. The molecular weight excluding hydrogens is 259 g/mol. The molecule has 0 aromatic carbocycles. The largest absolute Gasteiger partial charge is 0.462 e. The van der Waals surface area contributed by atoms with E-state index >= 15 is 0 Å². The maximum Gasteiger partial charge on any atom is 0.404 e. The number of ether oxygens (including phenoxy) is 1. The lowest BCUT2D eigenvalue weighted by Crippen LogP contribution is -2.48. The highest BCUT2D eigenvalue weighted by Crippen LogP contribution is 2.29. The second kappa shape index (κ2) is 7.72. The zero-order chi connectivity index (χ0) is 15.2. The minimum Gasteiger partial charge on any atom is -0.462 e. The minimum absolute atomic E-state index is 0.0112. The molecule has 0 aliphatic carbocycles. The van der Waals surface area contributed by atoms with Crippen molar-refractivity contribution in [1.82, 2.24) is 0 Å². The average molecular weight is 283 g/mol. The molecule has 0 spiro atoms. The van der Waals surface area contributed by atoms with E-state index in [1.165, 1.54) is 0 Å². The van der Waals surface area contributed by atoms with Crippen LogP contribution in [0.5, 0.6) is 0 Å². The summed E-state index contributed by atoms with van der Waals surface area (Å²) in [6.07, 6.45) is -3.65. The van der Waals surface area contributed by atoms with E-state index in [0.29, 0.717) is 12.8 Å². The Morgan fingerprint density at radius 3 is 2.11 bits per heavy atom. The van der Waals surface area contributed by atoms with Crippen LogP contribution in [0.3, 0.4) is 0 Å². The van der Waals surface area contributed by atoms with Crippen molar-refractivity contribution in [3.63, 3.8) is 0 Å². The number of hydrogen-bond donors (Lipinski definition) is 1. The molecule has 0 aromatic rings. The van der Waals surface area contributed by atoms with Crippen LogP contribution < -0.4 is 5.73 Å². The highest BCUT2D eigenvalue weighted by Gasteiger charge is 2.46. The van der Waals surface area contributed by atoms with Crippen LogP contribution in [-0.2, 0) is 9.53 Å². The van der Waals surface area contributed by atoms with Gasteiger partial charge in [0.15, 0.2) is 0 Å². The molecule has 2 unspecified atom stereocenters. The monoisotopic (exact) mass is 283 g/mol. The van der Waals surface area contributed by atoms with Crippen LogP contribution in [0.15, 0.2) is 0 Å². The van der Waals surface area contributed by atoms with E-state index < -0.39 is 30.2 Å². The normalized spacial score (nSPS) is 18.5. The van der Waals surface area contributed by atoms with Gasteiger partial charge in [-0.15, -0.1) is 0 Å². The Kier molecular flexibility index (Phi) is 7.41. The molecule has 0 fully saturated rings. The zero-order valence-electron chi connectivity index (χ0n) is 12.0. The number of alkyl halides is 3. The van der Waals surface area contributed by atoms with Crippen LogP contribution >= 0.6 is 0 Å². The predicted molar refractivity (Wildman–Crippen MR) is 67.4 cm³/mol. The van der Waals surface area contributed by atoms with Gasteiger partial charge in [-0.25, -0.2) is 0 Å². The number of nitrogens with two attached hydrogens (primary N) is 1. The van der Waals surface area contributed by atoms with Gasteiger partial charge in [0.1, 0.15) is 6.04 Å². The number of carbonyl (C=O) groups is 1. The van der Waals surface area contributed by atoms with Gasteiger partial charge in [0, 0.05) is 0 Å². The molecule has 2 N–H and O–H groups in total. The van der Waals surface area contributed by atoms with Crippen molar-refractivity contribution < 1.29 is 22.7 Å². The predicted octanol–water partition coefficient (Wildman–Crippen LogP) is 3.27. The zero-order valence-corrected chi connectivity index (χ0v) is 12.0. The van der Waals surface area contributed by atoms with Gasteiger partial charge in [0.2, 0.25) is 0 Å². The Hall–Kier alpha value is -0.780. The van der Waals surface area contributed by atoms with Crippen LogP contribution in [0.25, 0.3) is 0 Å². The number of esters is 1. The SMILES string of the molecule is CCC(C)C[C@@H](C(=O)OC(C)CC)[C@@H](N)C(F)(F)F. The van der Waals surface area contributed by atoms with Crippen molar-refractivity contribution in [3.05, 3.63) is 0 Å². The third kappa shape index (κ3) is 6.27. The van der Waals surface area contributed by atoms with E-state index in [1.54, 1.807) is 20.8 Å². The lowest BCUT2D eigenvalue weighted by atomic mass is 9.88. The van der Waals surface area contributed by atoms with E-state index in [0.717, 1.165) is 0 Å². The summed E-state index contributed by atoms with van der Waals surface area (Å²) in [6, 6.07) is -2.17. The van der Waals surface area contributed by atoms with E-state index in [2.05, 4.69) is 0 Å². The fraction of sp³-hybridized carbons (Fsp3) is 0.923. The third-order valence-electron chi connectivity index (χ3n) is 3.36. The van der Waals surface area contributed by atoms with Crippen LogP contribution in [0.2, 0.25) is 0 Å². The second-order valence-corrected chi connectivity index (χ2v) is 5.08. The highest BCUT2D eigenvalue weighted by molar-refractivity contribution is 5.73. The van der Waals surface area contributed by atoms with Crippen LogP contribution in [-0.4, -0.2) is 24.3 Å². The first kappa shape index (κ1) is 18.2. The third-order valence-corrected chi connectivity index (χ3v) is 3.36. The first-order valence-electron chi connectivity index (χ1n) is 6.66. The van der Waals surface area contributed by atoms with E-state index in [-0.39, 0.29) is 12.3 Å². The quantitative estimate of drug-likeness (QED) is 0.730. The molecule has 6 heteroatoms. The maximum absolute atomic E-state index is 12.7. The molecule has 0 bridgehead atoms. The summed E-state index contributed by atoms with van der Waals surface area (Å²) >= 11 is 0. The molecule has 0 aliphatic rings. The lowest BCUT2D eigenvalue weighted by molar-refractivity contribution is -0.180. The van der Waals surface area contributed by atoms with Crippen molar-refractivity contribution >= 4 is 5.97 Å². The topological polar surface area (TPSA) is 52.3 Å². The van der Waals surface area contributed by atoms with Gasteiger partial charge in [-0.05, 0) is 25.7 Å². The molecule has 0 saturated heterocycles. The molecule has 19 heavy (non-hydrogen) atoms. The number of rotatable bonds is 7. The highest BCUT2D eigenvalue weighted by atomic mass is 19.4. The maximum atomic E-state index is 12.7. The molecule has 0 radical (unpaired) electrons. The van der Waals surface area contributed by atoms with Gasteiger partial charge in [0.25, 0.3) is 0 Å². The standard InChI is InChI=1S/C13H24F3NO2/c1-5-8(3)7-10(11(17)13(14,15)16)12(18)19-9(4)6-2/h8-11H,5-7,17H2,1-4H3/t8?,9?,10-,11-/m1/s1. The smallest absolute Gasteiger partial charge is 0.404 e. The van der Waals surface area contributed by atoms with Crippen LogP contribution in [0, 0.1) is 11.8 Å². The first-order valence-corrected chi connectivity index (χ1v) is 6.66. The van der Waals surface area contributed by atoms with Crippen molar-refractivity contribution in [1.29, 1.82) is 0 Å². The van der Waals surface area contributed by atoms with Gasteiger partial charge in [-0.3, -0.25) is 4.79 Å². The summed E-state index contributed by atoms with van der Waals surface area (Å²) in [5, 5.41) is 0. The molecule has 0 rings (SSSR count). The molecule has 4 atom stereocenters. The number of hydrogen-bond acceptors (Lipinski definition) is 3. The Balaban J connectivity index is 4.90. The number of halogens is 3. The Bertz CT molecular complexity index is 282. The van der Waals surface area contributed by atoms with Gasteiger partial charge in [-0.1, -0.05) is 27.2 Å². The minimum atomic E-state index is -4.59. The molecular formula is C13H24F3NO2. The van der Waals surface area contributed by atoms with Crippen molar-refractivity contribution in [2.24, 2.45) is 17.6 Å². The van der Waals surface area contributed by atoms with Crippen LogP contribution in [0.4, 0.5) is 13.2 Å². The average Bonchev–Trinajstić information content (AvgIpc) is 2.33. The van der Waals surface area contributed by atoms with Crippen LogP contribution in [0.1, 0.15) is 47.0 Å². The molecule has 0 heterocycles. The lowest BCUT2D eigenvalue weighted by Gasteiger charge is -2.27. The van der Waals surface area contributed by atoms with Crippen molar-refractivity contribution in [3.8, 4) is 0 Å². The van der Waals surface area contributed by atoms with E-state index in [1.807, 2.05) is 6.92 Å². The van der Waals surface area contributed by atoms with E-state index in [9.17, 15) is 18.0 Å². The van der Waals surface area contributed by atoms with Crippen molar-refractivity contribution in [2.45, 2.75) is 65.3 Å². The summed E-state index contributed by atoms with van der Waals surface area (Å²) < 4.78 is 43.1. The molecule has 3 nitrogen and oxygen atoms in total.